The Kier molecular flexibility index (Phi) is 3.36. The molecule has 1 aromatic heterocycles. The third-order valence-corrected chi connectivity index (χ3v) is 2.63. The lowest BCUT2D eigenvalue weighted by Crippen LogP contribution is -2.30. The Morgan fingerprint density at radius 2 is 2.38 bits per heavy atom. The molecule has 5 heteroatoms. The summed E-state index contributed by atoms with van der Waals surface area (Å²) in [6.45, 7) is 2.53. The lowest BCUT2D eigenvalue weighted by Gasteiger charge is -2.27. The van der Waals surface area contributed by atoms with E-state index in [4.69, 9.17) is 10.5 Å². The number of nitrogens with two attached hydrogens (primary N) is 1. The largest absolute Gasteiger partial charge is 0.384 e. The Labute approximate surface area is 94.9 Å². The van der Waals surface area contributed by atoms with Gasteiger partial charge in [0.25, 0.3) is 0 Å². The highest BCUT2D eigenvalue weighted by Crippen LogP contribution is 2.18. The molecular weight excluding hydrogens is 204 g/mol. The Bertz CT molecular complexity index is 391. The standard InChI is InChI=1S/C11H16N4O/c1-16-7-9-2-4-15(5-3-9)11-6-10(12)13-8-14-11/h2,6,8H,3-5,7H2,1H3,(H2,12,13,14). The van der Waals surface area contributed by atoms with E-state index < -0.39 is 0 Å². The summed E-state index contributed by atoms with van der Waals surface area (Å²) in [5.74, 6) is 1.40. The van der Waals surface area contributed by atoms with Crippen LogP contribution in [0.3, 0.4) is 0 Å². The van der Waals surface area contributed by atoms with Crippen LogP contribution in [-0.4, -0.2) is 36.8 Å². The molecule has 1 aliphatic rings. The number of hydrogen-bond acceptors (Lipinski definition) is 5. The molecule has 0 atom stereocenters. The number of anilines is 2. The first-order chi connectivity index (χ1) is 7.79. The number of methoxy groups -OCH3 is 1. The minimum atomic E-state index is 0.511. The molecular formula is C11H16N4O. The monoisotopic (exact) mass is 220 g/mol. The zero-order chi connectivity index (χ0) is 11.4. The minimum Gasteiger partial charge on any atom is -0.384 e. The van der Waals surface area contributed by atoms with E-state index in [1.807, 2.05) is 0 Å². The molecule has 86 valence electrons. The third kappa shape index (κ3) is 2.49. The highest BCUT2D eigenvalue weighted by atomic mass is 16.5. The van der Waals surface area contributed by atoms with Crippen LogP contribution in [0.1, 0.15) is 6.42 Å². The molecule has 0 radical (unpaired) electrons. The van der Waals surface area contributed by atoms with Crippen LogP contribution in [0.2, 0.25) is 0 Å². The van der Waals surface area contributed by atoms with Gasteiger partial charge in [-0.15, -0.1) is 0 Å². The van der Waals surface area contributed by atoms with Gasteiger partial charge < -0.3 is 15.4 Å². The lowest BCUT2D eigenvalue weighted by molar-refractivity contribution is 0.222. The van der Waals surface area contributed by atoms with Gasteiger partial charge in [0.2, 0.25) is 0 Å². The first-order valence-corrected chi connectivity index (χ1v) is 5.29. The molecule has 1 aromatic rings. The van der Waals surface area contributed by atoms with Gasteiger partial charge in [0, 0.05) is 26.3 Å². The summed E-state index contributed by atoms with van der Waals surface area (Å²) in [5.41, 5.74) is 6.98. The normalized spacial score (nSPS) is 16.1. The average molecular weight is 220 g/mol. The molecule has 2 heterocycles. The van der Waals surface area contributed by atoms with Crippen LogP contribution in [0, 0.1) is 0 Å². The SMILES string of the molecule is COCC1=CCN(c2cc(N)ncn2)CC1. The maximum atomic E-state index is 5.63. The molecule has 0 aliphatic carbocycles. The topological polar surface area (TPSA) is 64.3 Å². The third-order valence-electron chi connectivity index (χ3n) is 2.63. The van der Waals surface area contributed by atoms with Gasteiger partial charge >= 0.3 is 0 Å². The summed E-state index contributed by atoms with van der Waals surface area (Å²) >= 11 is 0. The molecule has 0 saturated heterocycles. The predicted octanol–water partition coefficient (Wildman–Crippen LogP) is 0.842. The van der Waals surface area contributed by atoms with Gasteiger partial charge in [-0.3, -0.25) is 0 Å². The van der Waals surface area contributed by atoms with Crippen molar-refractivity contribution >= 4 is 11.6 Å². The fourth-order valence-electron chi connectivity index (χ4n) is 1.77. The molecule has 0 spiro atoms. The molecule has 16 heavy (non-hydrogen) atoms. The van der Waals surface area contributed by atoms with Crippen LogP contribution in [0.4, 0.5) is 11.6 Å². The quantitative estimate of drug-likeness (QED) is 0.765. The van der Waals surface area contributed by atoms with Crippen molar-refractivity contribution in [3.8, 4) is 0 Å². The highest BCUT2D eigenvalue weighted by molar-refractivity contribution is 5.47. The molecule has 0 amide bonds. The average Bonchev–Trinajstić information content (AvgIpc) is 2.30. The Morgan fingerprint density at radius 3 is 3.00 bits per heavy atom. The highest BCUT2D eigenvalue weighted by Gasteiger charge is 2.13. The number of ether oxygens (including phenoxy) is 1. The lowest BCUT2D eigenvalue weighted by atomic mass is 10.1. The van der Waals surface area contributed by atoms with E-state index in [-0.39, 0.29) is 0 Å². The second-order valence-corrected chi connectivity index (χ2v) is 3.79. The van der Waals surface area contributed by atoms with E-state index in [9.17, 15) is 0 Å². The number of nitrogen functional groups attached to an aromatic ring is 1. The number of hydrogen-bond donors (Lipinski definition) is 1. The Morgan fingerprint density at radius 1 is 1.50 bits per heavy atom. The molecule has 2 rings (SSSR count). The van der Waals surface area contributed by atoms with Crippen LogP contribution in [0.5, 0.6) is 0 Å². The minimum absolute atomic E-state index is 0.511. The zero-order valence-corrected chi connectivity index (χ0v) is 9.39. The van der Waals surface area contributed by atoms with Crippen LogP contribution in [0.15, 0.2) is 24.0 Å². The smallest absolute Gasteiger partial charge is 0.134 e. The molecule has 1 aliphatic heterocycles. The van der Waals surface area contributed by atoms with Crippen molar-refractivity contribution in [2.24, 2.45) is 0 Å². The number of aromatic nitrogens is 2. The molecule has 0 aromatic carbocycles. The van der Waals surface area contributed by atoms with Gasteiger partial charge in [-0.1, -0.05) is 6.08 Å². The molecule has 0 saturated carbocycles. The molecule has 0 unspecified atom stereocenters. The number of nitrogens with zero attached hydrogens (tertiary/aromatic N) is 3. The van der Waals surface area contributed by atoms with E-state index in [2.05, 4.69) is 20.9 Å². The van der Waals surface area contributed by atoms with Crippen molar-refractivity contribution in [2.75, 3.05) is 37.4 Å². The zero-order valence-electron chi connectivity index (χ0n) is 9.39. The van der Waals surface area contributed by atoms with Crippen molar-refractivity contribution in [1.82, 2.24) is 9.97 Å². The van der Waals surface area contributed by atoms with Gasteiger partial charge in [-0.25, -0.2) is 9.97 Å². The van der Waals surface area contributed by atoms with Gasteiger partial charge in [0.1, 0.15) is 18.0 Å². The van der Waals surface area contributed by atoms with Gasteiger partial charge in [-0.2, -0.15) is 0 Å². The first-order valence-electron chi connectivity index (χ1n) is 5.29. The van der Waals surface area contributed by atoms with E-state index in [1.165, 1.54) is 11.9 Å². The van der Waals surface area contributed by atoms with Gasteiger partial charge in [0.05, 0.1) is 6.61 Å². The fourth-order valence-corrected chi connectivity index (χ4v) is 1.77. The van der Waals surface area contributed by atoms with E-state index in [0.29, 0.717) is 5.82 Å². The predicted molar refractivity (Wildman–Crippen MR) is 63.2 cm³/mol. The van der Waals surface area contributed by atoms with Crippen LogP contribution < -0.4 is 10.6 Å². The van der Waals surface area contributed by atoms with Crippen LogP contribution in [-0.2, 0) is 4.74 Å². The molecule has 0 bridgehead atoms. The number of rotatable bonds is 3. The Hall–Kier alpha value is -1.62. The van der Waals surface area contributed by atoms with Crippen LogP contribution in [0.25, 0.3) is 0 Å². The van der Waals surface area contributed by atoms with E-state index in [1.54, 1.807) is 13.2 Å². The maximum Gasteiger partial charge on any atom is 0.134 e. The van der Waals surface area contributed by atoms with Crippen molar-refractivity contribution in [1.29, 1.82) is 0 Å². The van der Waals surface area contributed by atoms with E-state index in [0.717, 1.165) is 31.9 Å². The summed E-state index contributed by atoms with van der Waals surface area (Å²) in [4.78, 5) is 10.3. The maximum absolute atomic E-state index is 5.63. The first kappa shape index (κ1) is 10.9. The summed E-state index contributed by atoms with van der Waals surface area (Å²) in [6.07, 6.45) is 4.70. The van der Waals surface area contributed by atoms with Crippen molar-refractivity contribution < 1.29 is 4.74 Å². The summed E-state index contributed by atoms with van der Waals surface area (Å²) < 4.78 is 5.11. The molecule has 5 nitrogen and oxygen atoms in total. The second kappa shape index (κ2) is 4.94. The summed E-state index contributed by atoms with van der Waals surface area (Å²) in [6, 6.07) is 1.80. The summed E-state index contributed by atoms with van der Waals surface area (Å²) in [7, 11) is 1.72. The van der Waals surface area contributed by atoms with Crippen molar-refractivity contribution in [3.63, 3.8) is 0 Å². The van der Waals surface area contributed by atoms with E-state index >= 15 is 0 Å². The van der Waals surface area contributed by atoms with Crippen LogP contribution >= 0.6 is 0 Å². The van der Waals surface area contributed by atoms with Crippen molar-refractivity contribution in [3.05, 3.63) is 24.0 Å². The van der Waals surface area contributed by atoms with Gasteiger partial charge in [0.15, 0.2) is 0 Å². The fraction of sp³-hybridized carbons (Fsp3) is 0.455. The second-order valence-electron chi connectivity index (χ2n) is 3.79. The molecule has 2 N–H and O–H groups in total. The van der Waals surface area contributed by atoms with Crippen molar-refractivity contribution in [2.45, 2.75) is 6.42 Å². The van der Waals surface area contributed by atoms with Gasteiger partial charge in [-0.05, 0) is 12.0 Å². The molecule has 0 fully saturated rings. The summed E-state index contributed by atoms with van der Waals surface area (Å²) in [5, 5.41) is 0. The Balaban J connectivity index is 2.04.